The van der Waals surface area contributed by atoms with Gasteiger partial charge >= 0.3 is 6.36 Å². The number of anilines is 4. The molecule has 224 valence electrons. The number of likely N-dealkylation sites (N-methyl/N-ethyl adjacent to an activating group) is 2. The van der Waals surface area contributed by atoms with E-state index < -0.39 is 18.3 Å². The van der Waals surface area contributed by atoms with Crippen molar-refractivity contribution in [3.8, 4) is 17.0 Å². The SMILES string of the molecule is C=CC(O)Nc1cc(Nc2nccc(-c3cn(CCO)c4ccccc34)n2)c(OC(F)(F)F)cc1N(C)CCN(C)C. The van der Waals surface area contributed by atoms with Gasteiger partial charge in [0, 0.05) is 61.6 Å². The highest BCUT2D eigenvalue weighted by molar-refractivity contribution is 5.95. The van der Waals surface area contributed by atoms with Gasteiger partial charge in [0.2, 0.25) is 5.95 Å². The maximum absolute atomic E-state index is 13.5. The molecule has 13 heteroatoms. The van der Waals surface area contributed by atoms with E-state index in [-0.39, 0.29) is 18.2 Å². The molecule has 0 fully saturated rings. The predicted octanol–water partition coefficient (Wildman–Crippen LogP) is 4.65. The lowest BCUT2D eigenvalue weighted by Gasteiger charge is -2.27. The van der Waals surface area contributed by atoms with Gasteiger partial charge in [-0.3, -0.25) is 0 Å². The molecule has 0 aliphatic rings. The Morgan fingerprint density at radius 3 is 2.57 bits per heavy atom. The van der Waals surface area contributed by atoms with Gasteiger partial charge in [-0.1, -0.05) is 24.8 Å². The lowest BCUT2D eigenvalue weighted by molar-refractivity contribution is -0.274. The van der Waals surface area contributed by atoms with Crippen molar-refractivity contribution in [3.63, 3.8) is 0 Å². The number of nitrogens with zero attached hydrogens (tertiary/aromatic N) is 5. The minimum Gasteiger partial charge on any atom is -0.403 e. The fourth-order valence-electron chi connectivity index (χ4n) is 4.43. The van der Waals surface area contributed by atoms with Crippen LogP contribution >= 0.6 is 0 Å². The van der Waals surface area contributed by atoms with E-state index in [4.69, 9.17) is 0 Å². The Bertz CT molecular complexity index is 1520. The van der Waals surface area contributed by atoms with Gasteiger partial charge in [0.05, 0.1) is 29.4 Å². The summed E-state index contributed by atoms with van der Waals surface area (Å²) in [7, 11) is 5.50. The highest BCUT2D eigenvalue weighted by Crippen LogP contribution is 2.41. The number of aliphatic hydroxyl groups excluding tert-OH is 2. The molecule has 42 heavy (non-hydrogen) atoms. The standard InChI is InChI=1S/C29H34F3N7O3/c1-5-27(41)34-22-16-23(26(42-29(30,31)32)17-25(22)38(4)13-12-37(2)3)36-28-33-11-10-21(35-28)20-18-39(14-15-40)24-9-7-6-8-19(20)24/h5-11,16-18,27,34,40-41H,1,12-15H2,2-4H3,(H,33,35,36). The van der Waals surface area contributed by atoms with E-state index >= 15 is 0 Å². The van der Waals surface area contributed by atoms with Crippen molar-refractivity contribution in [1.82, 2.24) is 19.4 Å². The summed E-state index contributed by atoms with van der Waals surface area (Å²) in [6.45, 7) is 5.02. The first-order valence-corrected chi connectivity index (χ1v) is 13.1. The Hall–Kier alpha value is -4.33. The van der Waals surface area contributed by atoms with E-state index in [2.05, 4.69) is 31.9 Å². The molecule has 0 amide bonds. The van der Waals surface area contributed by atoms with Gasteiger partial charge in [0.15, 0.2) is 5.75 Å². The zero-order chi connectivity index (χ0) is 30.4. The molecule has 0 saturated heterocycles. The Morgan fingerprint density at radius 2 is 1.88 bits per heavy atom. The van der Waals surface area contributed by atoms with Crippen LogP contribution in [-0.4, -0.2) is 83.1 Å². The molecule has 10 nitrogen and oxygen atoms in total. The summed E-state index contributed by atoms with van der Waals surface area (Å²) in [5.41, 5.74) is 2.83. The molecule has 0 saturated carbocycles. The van der Waals surface area contributed by atoms with Crippen molar-refractivity contribution < 1.29 is 28.1 Å². The van der Waals surface area contributed by atoms with Gasteiger partial charge in [0.1, 0.15) is 6.23 Å². The fraction of sp³-hybridized carbons (Fsp3) is 0.310. The Balaban J connectivity index is 1.77. The van der Waals surface area contributed by atoms with Crippen molar-refractivity contribution in [2.45, 2.75) is 19.1 Å². The zero-order valence-electron chi connectivity index (χ0n) is 23.6. The van der Waals surface area contributed by atoms with Gasteiger partial charge in [-0.05, 0) is 38.4 Å². The second-order valence-corrected chi connectivity index (χ2v) is 9.83. The van der Waals surface area contributed by atoms with Crippen LogP contribution in [-0.2, 0) is 6.54 Å². The minimum absolute atomic E-state index is 0.0300. The van der Waals surface area contributed by atoms with E-state index in [1.807, 2.05) is 54.0 Å². The number of hydrogen-bond donors (Lipinski definition) is 4. The number of aromatic nitrogens is 3. The molecular weight excluding hydrogens is 551 g/mol. The van der Waals surface area contributed by atoms with Gasteiger partial charge in [-0.15, -0.1) is 13.2 Å². The maximum atomic E-state index is 13.5. The molecule has 4 N–H and O–H groups in total. The molecule has 1 unspecified atom stereocenters. The molecule has 4 aromatic rings. The van der Waals surface area contributed by atoms with E-state index in [0.717, 1.165) is 16.5 Å². The quantitative estimate of drug-likeness (QED) is 0.132. The van der Waals surface area contributed by atoms with Gasteiger partial charge in [-0.25, -0.2) is 9.97 Å². The first kappa shape index (κ1) is 30.6. The van der Waals surface area contributed by atoms with Crippen LogP contribution in [0.25, 0.3) is 22.2 Å². The summed E-state index contributed by atoms with van der Waals surface area (Å²) in [5.74, 6) is -0.469. The van der Waals surface area contributed by atoms with Crippen molar-refractivity contribution in [3.05, 3.63) is 67.5 Å². The lowest BCUT2D eigenvalue weighted by atomic mass is 10.1. The van der Waals surface area contributed by atoms with Crippen LogP contribution in [0.2, 0.25) is 0 Å². The average Bonchev–Trinajstić information content (AvgIpc) is 3.31. The van der Waals surface area contributed by atoms with Gasteiger partial charge in [-0.2, -0.15) is 0 Å². The molecule has 2 aromatic heterocycles. The molecular formula is C29H34F3N7O3. The van der Waals surface area contributed by atoms with Gasteiger partial charge < -0.3 is 40.0 Å². The van der Waals surface area contributed by atoms with E-state index in [9.17, 15) is 23.4 Å². The van der Waals surface area contributed by atoms with Crippen molar-refractivity contribution in [2.24, 2.45) is 0 Å². The largest absolute Gasteiger partial charge is 0.573 e. The number of rotatable bonds is 13. The van der Waals surface area contributed by atoms with Crippen LogP contribution in [0.3, 0.4) is 0 Å². The zero-order valence-corrected chi connectivity index (χ0v) is 23.6. The summed E-state index contributed by atoms with van der Waals surface area (Å²) >= 11 is 0. The molecule has 0 radical (unpaired) electrons. The number of halogens is 3. The Kier molecular flexibility index (Phi) is 9.55. The number of hydrogen-bond acceptors (Lipinski definition) is 9. The van der Waals surface area contributed by atoms with Crippen LogP contribution in [0.1, 0.15) is 0 Å². The topological polar surface area (TPSA) is 111 Å². The van der Waals surface area contributed by atoms with E-state index in [0.29, 0.717) is 36.7 Å². The maximum Gasteiger partial charge on any atom is 0.573 e. The number of ether oxygens (including phenoxy) is 1. The highest BCUT2D eigenvalue weighted by Gasteiger charge is 2.33. The van der Waals surface area contributed by atoms with Crippen LogP contribution in [0.15, 0.2) is 67.5 Å². The number of benzene rings is 2. The van der Waals surface area contributed by atoms with Crippen LogP contribution in [0.5, 0.6) is 5.75 Å². The molecule has 2 aromatic carbocycles. The summed E-state index contributed by atoms with van der Waals surface area (Å²) in [6.07, 6.45) is -1.51. The molecule has 0 aliphatic carbocycles. The van der Waals surface area contributed by atoms with Crippen molar-refractivity contribution >= 4 is 33.9 Å². The van der Waals surface area contributed by atoms with Crippen LogP contribution < -0.4 is 20.3 Å². The number of nitrogens with one attached hydrogen (secondary N) is 2. The summed E-state index contributed by atoms with van der Waals surface area (Å²) < 4.78 is 46.9. The molecule has 0 bridgehead atoms. The summed E-state index contributed by atoms with van der Waals surface area (Å²) in [5, 5.41) is 26.3. The fourth-order valence-corrected chi connectivity index (χ4v) is 4.43. The molecule has 4 rings (SSSR count). The molecule has 2 heterocycles. The molecule has 1 atom stereocenters. The van der Waals surface area contributed by atoms with E-state index in [1.54, 1.807) is 18.0 Å². The van der Waals surface area contributed by atoms with Gasteiger partial charge in [0.25, 0.3) is 0 Å². The third-order valence-electron chi connectivity index (χ3n) is 6.45. The summed E-state index contributed by atoms with van der Waals surface area (Å²) in [6, 6.07) is 12.0. The first-order chi connectivity index (χ1) is 20.0. The lowest BCUT2D eigenvalue weighted by Crippen LogP contribution is -2.30. The average molecular weight is 586 g/mol. The second-order valence-electron chi connectivity index (χ2n) is 9.83. The monoisotopic (exact) mass is 585 g/mol. The van der Waals surface area contributed by atoms with Crippen LogP contribution in [0, 0.1) is 0 Å². The number of alkyl halides is 3. The minimum atomic E-state index is -4.97. The third-order valence-corrected chi connectivity index (χ3v) is 6.45. The number of fused-ring (bicyclic) bond motifs is 1. The third kappa shape index (κ3) is 7.49. The first-order valence-electron chi connectivity index (χ1n) is 13.1. The van der Waals surface area contributed by atoms with Crippen molar-refractivity contribution in [2.75, 3.05) is 56.4 Å². The number of aliphatic hydroxyl groups is 2. The smallest absolute Gasteiger partial charge is 0.403 e. The number of para-hydroxylation sites is 1. The Morgan fingerprint density at radius 1 is 1.12 bits per heavy atom. The van der Waals surface area contributed by atoms with Crippen LogP contribution in [0.4, 0.5) is 36.2 Å². The molecule has 0 spiro atoms. The normalized spacial score (nSPS) is 12.4. The predicted molar refractivity (Wildman–Crippen MR) is 158 cm³/mol. The van der Waals surface area contributed by atoms with Crippen molar-refractivity contribution in [1.29, 1.82) is 0 Å². The van der Waals surface area contributed by atoms with E-state index in [1.165, 1.54) is 24.4 Å². The second kappa shape index (κ2) is 13.1. The Labute approximate surface area is 241 Å². The molecule has 0 aliphatic heterocycles. The highest BCUT2D eigenvalue weighted by atomic mass is 19.4. The summed E-state index contributed by atoms with van der Waals surface area (Å²) in [4.78, 5) is 12.5.